The monoisotopic (exact) mass is 338 g/mol. The number of esters is 1. The first-order chi connectivity index (χ1) is 10.1. The van der Waals surface area contributed by atoms with Gasteiger partial charge in [-0.25, -0.2) is 14.8 Å². The summed E-state index contributed by atoms with van der Waals surface area (Å²) in [6, 6.07) is 8.57. The fourth-order valence-electron chi connectivity index (χ4n) is 1.88. The van der Waals surface area contributed by atoms with E-state index in [0.717, 1.165) is 4.88 Å². The van der Waals surface area contributed by atoms with Gasteiger partial charge in [-0.05, 0) is 30.3 Å². The summed E-state index contributed by atoms with van der Waals surface area (Å²) in [7, 11) is 1.33. The number of benzene rings is 1. The zero-order valence-corrected chi connectivity index (χ0v) is 13.1. The largest absolute Gasteiger partial charge is 0.465 e. The van der Waals surface area contributed by atoms with Crippen molar-refractivity contribution in [2.24, 2.45) is 0 Å². The minimum absolute atomic E-state index is 0.330. The molecule has 0 N–H and O–H groups in total. The highest BCUT2D eigenvalue weighted by Gasteiger charge is 2.12. The average molecular weight is 339 g/mol. The number of halogens is 2. The van der Waals surface area contributed by atoms with Crippen LogP contribution >= 0.6 is 34.5 Å². The number of thiophene rings is 1. The fourth-order valence-corrected chi connectivity index (χ4v) is 3.10. The summed E-state index contributed by atoms with van der Waals surface area (Å²) in [6.07, 6.45) is 0. The Bertz CT molecular complexity index is 848. The molecule has 0 unspecified atom stereocenters. The van der Waals surface area contributed by atoms with Crippen molar-refractivity contribution >= 4 is 51.4 Å². The molecule has 0 radical (unpaired) electrons. The number of hydrogen-bond acceptors (Lipinski definition) is 5. The van der Waals surface area contributed by atoms with Crippen molar-refractivity contribution in [3.63, 3.8) is 0 Å². The van der Waals surface area contributed by atoms with Crippen LogP contribution in [0.15, 0.2) is 30.3 Å². The minimum Gasteiger partial charge on any atom is -0.465 e. The van der Waals surface area contributed by atoms with Crippen LogP contribution in [-0.2, 0) is 4.74 Å². The summed E-state index contributed by atoms with van der Waals surface area (Å²) in [5.74, 6) is 0.0544. The van der Waals surface area contributed by atoms with Crippen molar-refractivity contribution in [2.45, 2.75) is 0 Å². The van der Waals surface area contributed by atoms with Gasteiger partial charge in [-0.15, -0.1) is 11.3 Å². The van der Waals surface area contributed by atoms with Gasteiger partial charge in [0.1, 0.15) is 5.15 Å². The standard InChI is InChI=1S/C14H8Cl2N2O2S/c1-20-14(19)7-2-3-8-9(6-7)17-13(18-12(8)16)10-4-5-11(15)21-10/h2-6H,1H3. The van der Waals surface area contributed by atoms with E-state index >= 15 is 0 Å². The molecule has 1 aromatic carbocycles. The Morgan fingerprint density at radius 2 is 2.00 bits per heavy atom. The maximum absolute atomic E-state index is 11.6. The van der Waals surface area contributed by atoms with Gasteiger partial charge in [0.15, 0.2) is 5.82 Å². The van der Waals surface area contributed by atoms with Gasteiger partial charge in [0.05, 0.1) is 27.4 Å². The lowest BCUT2D eigenvalue weighted by molar-refractivity contribution is 0.0601. The Hall–Kier alpha value is -1.69. The lowest BCUT2D eigenvalue weighted by Crippen LogP contribution is -2.01. The fraction of sp³-hybridized carbons (Fsp3) is 0.0714. The summed E-state index contributed by atoms with van der Waals surface area (Å²) >= 11 is 13.5. The van der Waals surface area contributed by atoms with Crippen LogP contribution in [0, 0.1) is 0 Å². The number of rotatable bonds is 2. The average Bonchev–Trinajstić information content (AvgIpc) is 2.92. The second kappa shape index (κ2) is 5.60. The summed E-state index contributed by atoms with van der Waals surface area (Å²) in [4.78, 5) is 21.1. The van der Waals surface area contributed by atoms with Crippen molar-refractivity contribution in [2.75, 3.05) is 7.11 Å². The molecule has 0 atom stereocenters. The van der Waals surface area contributed by atoms with Crippen LogP contribution in [0.2, 0.25) is 9.49 Å². The molecule has 0 amide bonds. The summed E-state index contributed by atoms with van der Waals surface area (Å²) < 4.78 is 5.35. The molecule has 2 aromatic heterocycles. The quantitative estimate of drug-likeness (QED) is 0.511. The molecule has 7 heteroatoms. The molecule has 3 rings (SSSR count). The van der Waals surface area contributed by atoms with Crippen LogP contribution in [0.5, 0.6) is 0 Å². The molecule has 0 aliphatic heterocycles. The van der Waals surface area contributed by atoms with E-state index in [4.69, 9.17) is 27.9 Å². The first-order valence-electron chi connectivity index (χ1n) is 5.90. The number of nitrogens with zero attached hydrogens (tertiary/aromatic N) is 2. The molecule has 0 saturated carbocycles. The van der Waals surface area contributed by atoms with E-state index in [1.165, 1.54) is 18.4 Å². The molecule has 2 heterocycles. The SMILES string of the molecule is COC(=O)c1ccc2c(Cl)nc(-c3ccc(Cl)s3)nc2c1. The van der Waals surface area contributed by atoms with Crippen LogP contribution < -0.4 is 0 Å². The number of carbonyl (C=O) groups excluding carboxylic acids is 1. The Kier molecular flexibility index (Phi) is 3.80. The molecule has 4 nitrogen and oxygen atoms in total. The van der Waals surface area contributed by atoms with E-state index in [-0.39, 0.29) is 0 Å². The Labute approximate surface area is 134 Å². The molecular weight excluding hydrogens is 331 g/mol. The number of ether oxygens (including phenoxy) is 1. The van der Waals surface area contributed by atoms with E-state index < -0.39 is 5.97 Å². The van der Waals surface area contributed by atoms with Crippen LogP contribution in [0.3, 0.4) is 0 Å². The molecule has 106 valence electrons. The number of hydrogen-bond donors (Lipinski definition) is 0. The van der Waals surface area contributed by atoms with E-state index in [1.807, 2.05) is 6.07 Å². The highest BCUT2D eigenvalue weighted by Crippen LogP contribution is 2.31. The molecular formula is C14H8Cl2N2O2S. The van der Waals surface area contributed by atoms with Crippen molar-refractivity contribution in [3.8, 4) is 10.7 Å². The summed E-state index contributed by atoms with van der Waals surface area (Å²) in [6.45, 7) is 0. The van der Waals surface area contributed by atoms with Gasteiger partial charge in [-0.3, -0.25) is 0 Å². The molecule has 3 aromatic rings. The number of fused-ring (bicyclic) bond motifs is 1. The third kappa shape index (κ3) is 2.72. The lowest BCUT2D eigenvalue weighted by Gasteiger charge is -2.05. The van der Waals surface area contributed by atoms with E-state index in [9.17, 15) is 4.79 Å². The van der Waals surface area contributed by atoms with Crippen LogP contribution in [-0.4, -0.2) is 23.0 Å². The van der Waals surface area contributed by atoms with Gasteiger partial charge in [0, 0.05) is 5.39 Å². The Morgan fingerprint density at radius 1 is 1.19 bits per heavy atom. The normalized spacial score (nSPS) is 10.8. The maximum atomic E-state index is 11.6. The summed E-state index contributed by atoms with van der Waals surface area (Å²) in [5.41, 5.74) is 0.993. The predicted molar refractivity (Wildman–Crippen MR) is 84.2 cm³/mol. The zero-order valence-electron chi connectivity index (χ0n) is 10.8. The number of methoxy groups -OCH3 is 1. The van der Waals surface area contributed by atoms with Crippen LogP contribution in [0.4, 0.5) is 0 Å². The second-order valence-electron chi connectivity index (χ2n) is 4.17. The van der Waals surface area contributed by atoms with Crippen molar-refractivity contribution in [1.29, 1.82) is 0 Å². The highest BCUT2D eigenvalue weighted by atomic mass is 35.5. The molecule has 0 saturated heterocycles. The van der Waals surface area contributed by atoms with Crippen molar-refractivity contribution in [3.05, 3.63) is 45.4 Å². The van der Waals surface area contributed by atoms with Gasteiger partial charge in [0.2, 0.25) is 0 Å². The Balaban J connectivity index is 2.18. The van der Waals surface area contributed by atoms with Gasteiger partial charge >= 0.3 is 5.97 Å². The molecule has 0 bridgehead atoms. The molecule has 0 aliphatic carbocycles. The zero-order chi connectivity index (χ0) is 15.0. The molecule has 0 fully saturated rings. The van der Waals surface area contributed by atoms with E-state index in [1.54, 1.807) is 24.3 Å². The molecule has 0 aliphatic rings. The smallest absolute Gasteiger partial charge is 0.337 e. The number of carbonyl (C=O) groups is 1. The van der Waals surface area contributed by atoms with Gasteiger partial charge < -0.3 is 4.74 Å². The van der Waals surface area contributed by atoms with E-state index in [0.29, 0.717) is 31.8 Å². The first kappa shape index (κ1) is 14.3. The van der Waals surface area contributed by atoms with Gasteiger partial charge in [-0.1, -0.05) is 23.2 Å². The second-order valence-corrected chi connectivity index (χ2v) is 6.24. The van der Waals surface area contributed by atoms with Crippen LogP contribution in [0.25, 0.3) is 21.6 Å². The number of aromatic nitrogens is 2. The first-order valence-corrected chi connectivity index (χ1v) is 7.47. The van der Waals surface area contributed by atoms with E-state index in [2.05, 4.69) is 9.97 Å². The van der Waals surface area contributed by atoms with Crippen molar-refractivity contribution in [1.82, 2.24) is 9.97 Å². The lowest BCUT2D eigenvalue weighted by atomic mass is 10.1. The van der Waals surface area contributed by atoms with Crippen LogP contribution in [0.1, 0.15) is 10.4 Å². The topological polar surface area (TPSA) is 52.1 Å². The summed E-state index contributed by atoms with van der Waals surface area (Å²) in [5, 5.41) is 1.01. The molecule has 0 spiro atoms. The highest BCUT2D eigenvalue weighted by molar-refractivity contribution is 7.19. The van der Waals surface area contributed by atoms with Gasteiger partial charge in [-0.2, -0.15) is 0 Å². The molecule has 21 heavy (non-hydrogen) atoms. The van der Waals surface area contributed by atoms with Crippen molar-refractivity contribution < 1.29 is 9.53 Å². The predicted octanol–water partition coefficient (Wildman–Crippen LogP) is 4.45. The maximum Gasteiger partial charge on any atom is 0.337 e. The Morgan fingerprint density at radius 3 is 2.67 bits per heavy atom. The van der Waals surface area contributed by atoms with Gasteiger partial charge in [0.25, 0.3) is 0 Å². The third-order valence-corrected chi connectivity index (χ3v) is 4.38. The minimum atomic E-state index is -0.424. The third-order valence-electron chi connectivity index (χ3n) is 2.87.